The van der Waals surface area contributed by atoms with Crippen LogP contribution in [0.5, 0.6) is 11.5 Å². The highest BCUT2D eigenvalue weighted by molar-refractivity contribution is 7.89. The molecular formula is C29H32Cl2N2O4S. The van der Waals surface area contributed by atoms with Crippen LogP contribution in [-0.2, 0) is 22.9 Å². The fraction of sp³-hybridized carbons (Fsp3) is 0.379. The largest absolute Gasteiger partial charge is 0.493 e. The van der Waals surface area contributed by atoms with E-state index in [1.807, 2.05) is 31.2 Å². The molecule has 5 rings (SSSR count). The third-order valence-corrected chi connectivity index (χ3v) is 9.87. The lowest BCUT2D eigenvalue weighted by atomic mass is 9.92. The van der Waals surface area contributed by atoms with Crippen molar-refractivity contribution >= 4 is 33.2 Å². The van der Waals surface area contributed by atoms with Crippen molar-refractivity contribution in [3.05, 3.63) is 74.8 Å². The van der Waals surface area contributed by atoms with Gasteiger partial charge in [-0.15, -0.1) is 0 Å². The number of nitrogens with one attached hydrogen (secondary N) is 1. The van der Waals surface area contributed by atoms with Crippen LogP contribution in [0.2, 0.25) is 10.0 Å². The molecule has 0 spiro atoms. The second-order valence-electron chi connectivity index (χ2n) is 9.84. The molecule has 202 valence electrons. The Hall–Kier alpha value is -2.29. The van der Waals surface area contributed by atoms with Crippen LogP contribution in [-0.4, -0.2) is 47.2 Å². The van der Waals surface area contributed by atoms with E-state index in [4.69, 9.17) is 32.7 Å². The average Bonchev–Trinajstić information content (AvgIpc) is 3.35. The van der Waals surface area contributed by atoms with Crippen molar-refractivity contribution in [2.24, 2.45) is 0 Å². The molecule has 0 radical (unpaired) electrons. The number of ether oxygens (including phenoxy) is 2. The van der Waals surface area contributed by atoms with E-state index >= 15 is 0 Å². The number of nitrogens with zero attached hydrogens (tertiary/aromatic N) is 1. The van der Waals surface area contributed by atoms with Gasteiger partial charge < -0.3 is 9.47 Å². The van der Waals surface area contributed by atoms with Gasteiger partial charge in [-0.05, 0) is 73.1 Å². The van der Waals surface area contributed by atoms with Gasteiger partial charge in [0.05, 0.1) is 19.2 Å². The first-order valence-electron chi connectivity index (χ1n) is 12.8. The van der Waals surface area contributed by atoms with Crippen LogP contribution >= 0.6 is 23.2 Å². The SMILES string of the molecule is COc1cc2c3c(c1OC)CCC3N(CCCNS(=O)(=O)c1cc(Cl)cc(-c3ccccc3C)c1Cl)CC2. The van der Waals surface area contributed by atoms with Crippen LogP contribution in [0.3, 0.4) is 0 Å². The second kappa shape index (κ2) is 11.1. The maximum Gasteiger partial charge on any atom is 0.242 e. The van der Waals surface area contributed by atoms with Gasteiger partial charge in [-0.2, -0.15) is 0 Å². The van der Waals surface area contributed by atoms with Crippen LogP contribution in [0.25, 0.3) is 11.1 Å². The Morgan fingerprint density at radius 1 is 1.05 bits per heavy atom. The van der Waals surface area contributed by atoms with E-state index in [-0.39, 0.29) is 9.92 Å². The summed E-state index contributed by atoms with van der Waals surface area (Å²) in [5, 5.41) is 0.496. The van der Waals surface area contributed by atoms with Gasteiger partial charge in [0.25, 0.3) is 0 Å². The number of methoxy groups -OCH3 is 2. The van der Waals surface area contributed by atoms with Crippen molar-refractivity contribution in [3.8, 4) is 22.6 Å². The number of hydrogen-bond donors (Lipinski definition) is 1. The van der Waals surface area contributed by atoms with Crippen LogP contribution in [0, 0.1) is 6.92 Å². The average molecular weight is 576 g/mol. The predicted molar refractivity (Wildman–Crippen MR) is 152 cm³/mol. The van der Waals surface area contributed by atoms with Crippen LogP contribution in [0.15, 0.2) is 47.4 Å². The van der Waals surface area contributed by atoms with E-state index in [1.165, 1.54) is 22.8 Å². The fourth-order valence-electron chi connectivity index (χ4n) is 5.89. The summed E-state index contributed by atoms with van der Waals surface area (Å²) in [6.07, 6.45) is 3.59. The number of aryl methyl sites for hydroxylation is 1. The summed E-state index contributed by atoms with van der Waals surface area (Å²) in [6.45, 7) is 3.98. The number of rotatable bonds is 9. The molecule has 38 heavy (non-hydrogen) atoms. The minimum Gasteiger partial charge on any atom is -0.493 e. The lowest BCUT2D eigenvalue weighted by Crippen LogP contribution is -2.36. The van der Waals surface area contributed by atoms with E-state index in [9.17, 15) is 8.42 Å². The first-order valence-corrected chi connectivity index (χ1v) is 15.0. The fourth-order valence-corrected chi connectivity index (χ4v) is 7.88. The highest BCUT2D eigenvalue weighted by atomic mass is 35.5. The minimum atomic E-state index is -3.85. The molecule has 1 aliphatic heterocycles. The Labute approximate surface area is 234 Å². The molecule has 1 N–H and O–H groups in total. The van der Waals surface area contributed by atoms with Crippen LogP contribution < -0.4 is 14.2 Å². The Morgan fingerprint density at radius 3 is 2.58 bits per heavy atom. The summed E-state index contributed by atoms with van der Waals surface area (Å²) in [5.74, 6) is 1.64. The molecule has 1 atom stereocenters. The van der Waals surface area contributed by atoms with Gasteiger partial charge in [0.1, 0.15) is 4.90 Å². The monoisotopic (exact) mass is 574 g/mol. The zero-order valence-corrected chi connectivity index (χ0v) is 24.1. The van der Waals surface area contributed by atoms with Gasteiger partial charge in [-0.1, -0.05) is 47.5 Å². The molecule has 0 saturated heterocycles. The molecule has 3 aromatic carbocycles. The Morgan fingerprint density at radius 2 is 1.84 bits per heavy atom. The van der Waals surface area contributed by atoms with Gasteiger partial charge in [-0.3, -0.25) is 4.90 Å². The van der Waals surface area contributed by atoms with Gasteiger partial charge in [0, 0.05) is 41.8 Å². The summed E-state index contributed by atoms with van der Waals surface area (Å²) < 4.78 is 40.5. The Kier molecular flexibility index (Phi) is 7.94. The highest BCUT2D eigenvalue weighted by Crippen LogP contribution is 2.48. The number of hydrogen-bond acceptors (Lipinski definition) is 5. The van der Waals surface area contributed by atoms with Gasteiger partial charge in [-0.25, -0.2) is 13.1 Å². The third-order valence-electron chi connectivity index (χ3n) is 7.65. The molecule has 1 heterocycles. The molecule has 0 saturated carbocycles. The maximum atomic E-state index is 13.3. The zero-order valence-electron chi connectivity index (χ0n) is 21.8. The third kappa shape index (κ3) is 5.03. The Bertz CT molecular complexity index is 1480. The quantitative estimate of drug-likeness (QED) is 0.308. The van der Waals surface area contributed by atoms with Gasteiger partial charge in [0.2, 0.25) is 10.0 Å². The summed E-state index contributed by atoms with van der Waals surface area (Å²) in [5.41, 5.74) is 6.39. The molecule has 0 bridgehead atoms. The van der Waals surface area contributed by atoms with Crippen molar-refractivity contribution in [3.63, 3.8) is 0 Å². The number of benzene rings is 3. The first kappa shape index (κ1) is 27.3. The summed E-state index contributed by atoms with van der Waals surface area (Å²) in [4.78, 5) is 2.46. The van der Waals surface area contributed by atoms with Crippen LogP contribution in [0.1, 0.15) is 41.1 Å². The standard InChI is InChI=1S/C29H32Cl2N2O4S/c1-18-7-4-5-8-21(18)23-16-20(30)17-26(28(23)31)38(34,35)32-12-6-13-33-14-11-19-15-25(36-2)29(37-3)22-9-10-24(33)27(19)22/h4-5,7-8,15-17,24,32H,6,9-14H2,1-3H3. The number of halogens is 2. The lowest BCUT2D eigenvalue weighted by molar-refractivity contribution is 0.184. The van der Waals surface area contributed by atoms with Crippen molar-refractivity contribution in [1.82, 2.24) is 9.62 Å². The van der Waals surface area contributed by atoms with E-state index < -0.39 is 10.0 Å². The van der Waals surface area contributed by atoms with Gasteiger partial charge in [0.15, 0.2) is 11.5 Å². The maximum absolute atomic E-state index is 13.3. The molecule has 1 unspecified atom stereocenters. The van der Waals surface area contributed by atoms with Crippen molar-refractivity contribution in [1.29, 1.82) is 0 Å². The van der Waals surface area contributed by atoms with E-state index in [0.717, 1.165) is 55.0 Å². The molecule has 0 fully saturated rings. The molecule has 0 aromatic heterocycles. The van der Waals surface area contributed by atoms with Gasteiger partial charge >= 0.3 is 0 Å². The minimum absolute atomic E-state index is 0.00158. The second-order valence-corrected chi connectivity index (χ2v) is 12.4. The van der Waals surface area contributed by atoms with E-state index in [0.29, 0.717) is 29.6 Å². The smallest absolute Gasteiger partial charge is 0.242 e. The van der Waals surface area contributed by atoms with E-state index in [1.54, 1.807) is 20.3 Å². The Balaban J connectivity index is 1.27. The predicted octanol–water partition coefficient (Wildman–Crippen LogP) is 6.20. The summed E-state index contributed by atoms with van der Waals surface area (Å²) in [6, 6.07) is 13.2. The van der Waals surface area contributed by atoms with Crippen molar-refractivity contribution in [2.45, 2.75) is 43.5 Å². The normalized spacial score (nSPS) is 16.9. The molecule has 9 heteroatoms. The molecule has 2 aliphatic rings. The van der Waals surface area contributed by atoms with Crippen molar-refractivity contribution in [2.75, 3.05) is 33.9 Å². The van der Waals surface area contributed by atoms with Crippen molar-refractivity contribution < 1.29 is 17.9 Å². The summed E-state index contributed by atoms with van der Waals surface area (Å²) >= 11 is 13.0. The molecule has 1 aliphatic carbocycles. The number of sulfonamides is 1. The van der Waals surface area contributed by atoms with E-state index in [2.05, 4.69) is 15.7 Å². The highest BCUT2D eigenvalue weighted by Gasteiger charge is 2.36. The molecule has 6 nitrogen and oxygen atoms in total. The molecular weight excluding hydrogens is 543 g/mol. The zero-order chi connectivity index (χ0) is 27.0. The first-order chi connectivity index (χ1) is 18.2. The van der Waals surface area contributed by atoms with Crippen LogP contribution in [0.4, 0.5) is 0 Å². The molecule has 0 amide bonds. The summed E-state index contributed by atoms with van der Waals surface area (Å²) in [7, 11) is -0.478. The molecule has 3 aromatic rings. The lowest BCUT2D eigenvalue weighted by Gasteiger charge is -2.35. The topological polar surface area (TPSA) is 67.9 Å².